The summed E-state index contributed by atoms with van der Waals surface area (Å²) in [6.07, 6.45) is 2.32. The summed E-state index contributed by atoms with van der Waals surface area (Å²) in [4.78, 5) is 26.0. The van der Waals surface area contributed by atoms with Gasteiger partial charge in [0.05, 0.1) is 18.6 Å². The molecule has 2 rings (SSSR count). The van der Waals surface area contributed by atoms with Crippen LogP contribution in [-0.2, 0) is 9.53 Å². The van der Waals surface area contributed by atoms with E-state index in [1.54, 1.807) is 32.4 Å². The normalized spacial score (nSPS) is 16.1. The van der Waals surface area contributed by atoms with Gasteiger partial charge in [-0.05, 0) is 48.9 Å². The van der Waals surface area contributed by atoms with E-state index in [1.807, 2.05) is 13.0 Å². The maximum atomic E-state index is 12.4. The van der Waals surface area contributed by atoms with E-state index in [2.05, 4.69) is 0 Å². The average molecular weight is 351 g/mol. The van der Waals surface area contributed by atoms with E-state index < -0.39 is 0 Å². The Balaban J connectivity index is 2.17. The van der Waals surface area contributed by atoms with Crippen molar-refractivity contribution in [2.24, 2.45) is 0 Å². The fourth-order valence-corrected chi connectivity index (χ4v) is 3.13. The van der Waals surface area contributed by atoms with Crippen LogP contribution < -0.4 is 9.47 Å². The van der Waals surface area contributed by atoms with E-state index in [0.29, 0.717) is 42.6 Å². The van der Waals surface area contributed by atoms with Crippen LogP contribution in [0.15, 0.2) is 23.1 Å². The van der Waals surface area contributed by atoms with Gasteiger partial charge in [-0.15, -0.1) is 0 Å². The van der Waals surface area contributed by atoms with Gasteiger partial charge in [-0.2, -0.15) is 0 Å². The molecule has 0 aromatic heterocycles. The molecule has 1 heterocycles. The van der Waals surface area contributed by atoms with Crippen LogP contribution in [0.1, 0.15) is 18.9 Å². The molecule has 1 aromatic carbocycles. The first-order chi connectivity index (χ1) is 11.6. The minimum absolute atomic E-state index is 0.249. The summed E-state index contributed by atoms with van der Waals surface area (Å²) in [5.41, 5.74) is 0.779. The molecule has 24 heavy (non-hydrogen) atoms. The summed E-state index contributed by atoms with van der Waals surface area (Å²) in [6, 6.07) is 5.39. The number of benzene rings is 1. The van der Waals surface area contributed by atoms with Gasteiger partial charge in [0.1, 0.15) is 0 Å². The van der Waals surface area contributed by atoms with Gasteiger partial charge in [-0.3, -0.25) is 14.5 Å². The predicted molar refractivity (Wildman–Crippen MR) is 93.3 cm³/mol. The molecule has 1 saturated heterocycles. The molecule has 0 N–H and O–H groups in total. The zero-order chi connectivity index (χ0) is 17.5. The first-order valence-electron chi connectivity index (χ1n) is 7.65. The summed E-state index contributed by atoms with van der Waals surface area (Å²) in [7, 11) is 3.16. The highest BCUT2D eigenvalue weighted by atomic mass is 32.2. The molecule has 0 aliphatic carbocycles. The maximum absolute atomic E-state index is 12.4. The fraction of sp³-hybridized carbons (Fsp3) is 0.412. The molecule has 1 aliphatic rings. The first kappa shape index (κ1) is 18.4. The second-order valence-corrected chi connectivity index (χ2v) is 6.02. The van der Waals surface area contributed by atoms with Crippen molar-refractivity contribution in [3.05, 3.63) is 28.7 Å². The van der Waals surface area contributed by atoms with Crippen molar-refractivity contribution in [2.75, 3.05) is 34.0 Å². The van der Waals surface area contributed by atoms with Crippen LogP contribution in [0.5, 0.6) is 11.5 Å². The molecular formula is C17H21NO5S. The first-order valence-corrected chi connectivity index (χ1v) is 8.47. The minimum atomic E-state index is -0.269. The van der Waals surface area contributed by atoms with E-state index in [4.69, 9.17) is 14.2 Å². The third kappa shape index (κ3) is 4.30. The highest BCUT2D eigenvalue weighted by molar-refractivity contribution is 8.18. The SMILES string of the molecule is CCOc1cc(/C=C2/SC(=O)N(CCCOC)C2=O)ccc1OC. The molecule has 0 bridgehead atoms. The Morgan fingerprint density at radius 2 is 2.00 bits per heavy atom. The summed E-state index contributed by atoms with van der Waals surface area (Å²) in [6.45, 7) is 3.27. The van der Waals surface area contributed by atoms with Gasteiger partial charge in [0.25, 0.3) is 11.1 Å². The highest BCUT2D eigenvalue weighted by Crippen LogP contribution is 2.34. The lowest BCUT2D eigenvalue weighted by Gasteiger charge is -2.11. The van der Waals surface area contributed by atoms with Crippen LogP contribution >= 0.6 is 11.8 Å². The summed E-state index contributed by atoms with van der Waals surface area (Å²) < 4.78 is 15.7. The van der Waals surface area contributed by atoms with Gasteiger partial charge >= 0.3 is 0 Å². The number of rotatable bonds is 8. The lowest BCUT2D eigenvalue weighted by Crippen LogP contribution is -2.29. The van der Waals surface area contributed by atoms with Crippen molar-refractivity contribution < 1.29 is 23.8 Å². The Morgan fingerprint density at radius 3 is 2.67 bits per heavy atom. The molecule has 7 heteroatoms. The van der Waals surface area contributed by atoms with Gasteiger partial charge in [0.15, 0.2) is 11.5 Å². The van der Waals surface area contributed by atoms with Crippen molar-refractivity contribution in [1.29, 1.82) is 0 Å². The van der Waals surface area contributed by atoms with Crippen molar-refractivity contribution in [2.45, 2.75) is 13.3 Å². The highest BCUT2D eigenvalue weighted by Gasteiger charge is 2.34. The standard InChI is InChI=1S/C17H21NO5S/c1-4-23-14-10-12(6-7-13(14)22-3)11-15-16(19)18(17(20)24-15)8-5-9-21-2/h6-7,10-11H,4-5,8-9H2,1-3H3/b15-11+. The number of methoxy groups -OCH3 is 2. The Morgan fingerprint density at radius 1 is 1.21 bits per heavy atom. The Hall–Kier alpha value is -1.99. The zero-order valence-electron chi connectivity index (χ0n) is 14.0. The van der Waals surface area contributed by atoms with Crippen LogP contribution in [0.25, 0.3) is 6.08 Å². The minimum Gasteiger partial charge on any atom is -0.493 e. The smallest absolute Gasteiger partial charge is 0.293 e. The molecule has 0 atom stereocenters. The van der Waals surface area contributed by atoms with Crippen molar-refractivity contribution in [3.8, 4) is 11.5 Å². The number of nitrogens with zero attached hydrogens (tertiary/aromatic N) is 1. The number of thioether (sulfide) groups is 1. The van der Waals surface area contributed by atoms with Crippen molar-refractivity contribution in [3.63, 3.8) is 0 Å². The third-order valence-corrected chi connectivity index (χ3v) is 4.30. The van der Waals surface area contributed by atoms with Crippen LogP contribution in [0.3, 0.4) is 0 Å². The van der Waals surface area contributed by atoms with E-state index in [-0.39, 0.29) is 11.1 Å². The van der Waals surface area contributed by atoms with Crippen LogP contribution in [0.4, 0.5) is 4.79 Å². The second kappa shape index (κ2) is 8.75. The number of hydrogen-bond acceptors (Lipinski definition) is 6. The molecule has 130 valence electrons. The summed E-state index contributed by atoms with van der Waals surface area (Å²) >= 11 is 0.949. The number of amides is 2. The molecule has 2 amide bonds. The molecule has 0 unspecified atom stereocenters. The summed E-state index contributed by atoms with van der Waals surface area (Å²) in [5, 5.41) is -0.249. The summed E-state index contributed by atoms with van der Waals surface area (Å²) in [5.74, 6) is 0.963. The van der Waals surface area contributed by atoms with Gasteiger partial charge in [-0.1, -0.05) is 6.07 Å². The predicted octanol–water partition coefficient (Wildman–Crippen LogP) is 3.17. The Bertz CT molecular complexity index is 644. The molecule has 1 aliphatic heterocycles. The Kier molecular flexibility index (Phi) is 6.69. The van der Waals surface area contributed by atoms with E-state index in [9.17, 15) is 9.59 Å². The van der Waals surface area contributed by atoms with Gasteiger partial charge in [0, 0.05) is 20.3 Å². The fourth-order valence-electron chi connectivity index (χ4n) is 2.26. The second-order valence-electron chi connectivity index (χ2n) is 5.02. The van der Waals surface area contributed by atoms with Crippen molar-refractivity contribution >= 4 is 29.0 Å². The Labute approximate surface area is 145 Å². The van der Waals surface area contributed by atoms with Gasteiger partial charge in [0.2, 0.25) is 0 Å². The lowest BCUT2D eigenvalue weighted by atomic mass is 10.2. The number of imide groups is 1. The molecule has 1 fully saturated rings. The number of carbonyl (C=O) groups excluding carboxylic acids is 2. The topological polar surface area (TPSA) is 65.1 Å². The lowest BCUT2D eigenvalue weighted by molar-refractivity contribution is -0.122. The number of carbonyl (C=O) groups is 2. The zero-order valence-corrected chi connectivity index (χ0v) is 14.9. The monoisotopic (exact) mass is 351 g/mol. The quantitative estimate of drug-likeness (QED) is 0.529. The molecule has 0 spiro atoms. The molecular weight excluding hydrogens is 330 g/mol. The third-order valence-electron chi connectivity index (χ3n) is 3.39. The van der Waals surface area contributed by atoms with Crippen LogP contribution in [0.2, 0.25) is 0 Å². The van der Waals surface area contributed by atoms with E-state index in [1.165, 1.54) is 4.90 Å². The largest absolute Gasteiger partial charge is 0.493 e. The molecule has 0 saturated carbocycles. The molecule has 1 aromatic rings. The number of hydrogen-bond donors (Lipinski definition) is 0. The van der Waals surface area contributed by atoms with Crippen LogP contribution in [0, 0.1) is 0 Å². The van der Waals surface area contributed by atoms with E-state index >= 15 is 0 Å². The average Bonchev–Trinajstić information content (AvgIpc) is 2.83. The molecule has 6 nitrogen and oxygen atoms in total. The van der Waals surface area contributed by atoms with Crippen LogP contribution in [-0.4, -0.2) is 50.0 Å². The number of ether oxygens (including phenoxy) is 3. The van der Waals surface area contributed by atoms with E-state index in [0.717, 1.165) is 17.3 Å². The van der Waals surface area contributed by atoms with Crippen molar-refractivity contribution in [1.82, 2.24) is 4.90 Å². The molecule has 0 radical (unpaired) electrons. The van der Waals surface area contributed by atoms with Gasteiger partial charge < -0.3 is 14.2 Å². The van der Waals surface area contributed by atoms with Gasteiger partial charge in [-0.25, -0.2) is 0 Å². The maximum Gasteiger partial charge on any atom is 0.293 e.